The number of halogens is 1. The number of aromatic nitrogens is 1. The first-order valence-corrected chi connectivity index (χ1v) is 2.74. The smallest absolute Gasteiger partial charge is 0.0627 e. The molecular weight excluding hydrogens is 134 g/mol. The fourth-order valence-corrected chi connectivity index (χ4v) is 0.625. The SMILES string of the molecule is [CH]c1cncc(Cl)c1[CH]. The molecule has 0 unspecified atom stereocenters. The molecule has 0 aliphatic carbocycles. The first-order valence-electron chi connectivity index (χ1n) is 2.36. The lowest BCUT2D eigenvalue weighted by Crippen LogP contribution is -1.82. The second-order valence-corrected chi connectivity index (χ2v) is 2.03. The van der Waals surface area contributed by atoms with Crippen molar-refractivity contribution in [3.63, 3.8) is 0 Å². The van der Waals surface area contributed by atoms with Crippen molar-refractivity contribution in [1.82, 2.24) is 4.98 Å². The summed E-state index contributed by atoms with van der Waals surface area (Å²) in [4.78, 5) is 3.71. The van der Waals surface area contributed by atoms with Crippen LogP contribution in [0, 0.1) is 13.8 Å². The van der Waals surface area contributed by atoms with E-state index >= 15 is 0 Å². The monoisotopic (exact) mass is 137 g/mol. The van der Waals surface area contributed by atoms with E-state index in [2.05, 4.69) is 4.98 Å². The van der Waals surface area contributed by atoms with Crippen molar-refractivity contribution < 1.29 is 0 Å². The van der Waals surface area contributed by atoms with Gasteiger partial charge in [0.1, 0.15) is 0 Å². The van der Waals surface area contributed by atoms with Crippen molar-refractivity contribution in [3.05, 3.63) is 42.4 Å². The number of rotatable bonds is 0. The number of nitrogens with zero attached hydrogens (tertiary/aromatic N) is 1. The van der Waals surface area contributed by atoms with Crippen LogP contribution in [-0.4, -0.2) is 4.98 Å². The van der Waals surface area contributed by atoms with Gasteiger partial charge in [-0.1, -0.05) is 11.6 Å². The minimum absolute atomic E-state index is 0.395. The van der Waals surface area contributed by atoms with E-state index in [0.29, 0.717) is 16.1 Å². The molecule has 0 aliphatic heterocycles. The Morgan fingerprint density at radius 3 is 2.44 bits per heavy atom. The lowest BCUT2D eigenvalue weighted by Gasteiger charge is -1.97. The lowest BCUT2D eigenvalue weighted by atomic mass is 10.2. The number of hydrogen-bond acceptors (Lipinski definition) is 1. The predicted molar refractivity (Wildman–Crippen MR) is 36.1 cm³/mol. The largest absolute Gasteiger partial charge is 0.263 e. The third-order valence-corrected chi connectivity index (χ3v) is 1.27. The van der Waals surface area contributed by atoms with Crippen LogP contribution in [-0.2, 0) is 0 Å². The molecule has 0 fully saturated rings. The average molecular weight is 138 g/mol. The standard InChI is InChI=1S/C7H4ClN/c1-5-3-9-4-7(8)6(5)2/h1-4H. The fourth-order valence-electron chi connectivity index (χ4n) is 0.460. The highest BCUT2D eigenvalue weighted by atomic mass is 35.5. The fraction of sp³-hybridized carbons (Fsp3) is 0. The number of pyridine rings is 1. The Bertz CT molecular complexity index is 200. The van der Waals surface area contributed by atoms with E-state index < -0.39 is 0 Å². The highest BCUT2D eigenvalue weighted by Crippen LogP contribution is 2.15. The molecule has 1 aromatic rings. The van der Waals surface area contributed by atoms with Crippen molar-refractivity contribution in [2.24, 2.45) is 0 Å². The van der Waals surface area contributed by atoms with Crippen molar-refractivity contribution in [2.75, 3.05) is 0 Å². The summed E-state index contributed by atoms with van der Waals surface area (Å²) in [7, 11) is 0. The summed E-state index contributed by atoms with van der Waals surface area (Å²) < 4.78 is 0. The van der Waals surface area contributed by atoms with Gasteiger partial charge < -0.3 is 0 Å². The van der Waals surface area contributed by atoms with Crippen LogP contribution < -0.4 is 0 Å². The van der Waals surface area contributed by atoms with Crippen molar-refractivity contribution in [1.29, 1.82) is 0 Å². The molecular formula is C7H4ClN. The molecule has 0 aromatic carbocycles. The zero-order chi connectivity index (χ0) is 6.85. The van der Waals surface area contributed by atoms with Crippen molar-refractivity contribution >= 4 is 11.6 Å². The lowest BCUT2D eigenvalue weighted by molar-refractivity contribution is 1.29. The maximum atomic E-state index is 5.55. The second-order valence-electron chi connectivity index (χ2n) is 1.62. The summed E-state index contributed by atoms with van der Waals surface area (Å²) in [6.07, 6.45) is 2.91. The minimum atomic E-state index is 0.395. The third-order valence-electron chi connectivity index (χ3n) is 0.970. The van der Waals surface area contributed by atoms with E-state index in [0.717, 1.165) is 0 Å². The quantitative estimate of drug-likeness (QED) is 0.532. The van der Waals surface area contributed by atoms with E-state index in [9.17, 15) is 0 Å². The zero-order valence-electron chi connectivity index (χ0n) is 4.63. The Morgan fingerprint density at radius 2 is 2.00 bits per heavy atom. The van der Waals surface area contributed by atoms with Gasteiger partial charge in [0.15, 0.2) is 0 Å². The molecule has 1 heterocycles. The summed E-state index contributed by atoms with van der Waals surface area (Å²) >= 11 is 5.55. The molecule has 44 valence electrons. The highest BCUT2D eigenvalue weighted by Gasteiger charge is 1.95. The highest BCUT2D eigenvalue weighted by molar-refractivity contribution is 6.31. The Kier molecular flexibility index (Phi) is 1.72. The summed E-state index contributed by atoms with van der Waals surface area (Å²) in [6, 6.07) is 0. The van der Waals surface area contributed by atoms with E-state index in [4.69, 9.17) is 25.4 Å². The minimum Gasteiger partial charge on any atom is -0.263 e. The maximum absolute atomic E-state index is 5.55. The Balaban J connectivity index is 3.25. The van der Waals surface area contributed by atoms with Crippen LogP contribution in [0.3, 0.4) is 0 Å². The maximum Gasteiger partial charge on any atom is 0.0627 e. The molecule has 1 aromatic heterocycles. The van der Waals surface area contributed by atoms with Gasteiger partial charge in [0.2, 0.25) is 0 Å². The summed E-state index contributed by atoms with van der Waals surface area (Å²) in [6.45, 7) is 10.7. The van der Waals surface area contributed by atoms with Crippen molar-refractivity contribution in [3.8, 4) is 0 Å². The molecule has 2 heteroatoms. The van der Waals surface area contributed by atoms with Crippen LogP contribution in [0.1, 0.15) is 11.1 Å². The average Bonchev–Trinajstić information content (AvgIpc) is 1.83. The molecule has 0 amide bonds. The molecule has 0 atom stereocenters. The molecule has 0 bridgehead atoms. The molecule has 0 aliphatic rings. The third kappa shape index (κ3) is 1.22. The molecule has 0 saturated carbocycles. The molecule has 1 nitrogen and oxygen atoms in total. The van der Waals surface area contributed by atoms with Gasteiger partial charge in [0.05, 0.1) is 5.02 Å². The molecule has 1 rings (SSSR count). The second kappa shape index (κ2) is 2.36. The van der Waals surface area contributed by atoms with Gasteiger partial charge in [-0.05, 0) is 11.1 Å². The van der Waals surface area contributed by atoms with Crippen LogP contribution in [0.4, 0.5) is 0 Å². The summed E-state index contributed by atoms with van der Waals surface area (Å²) in [5.41, 5.74) is 0.814. The first-order chi connectivity index (χ1) is 4.22. The van der Waals surface area contributed by atoms with Crippen LogP contribution >= 0.6 is 11.6 Å². The summed E-state index contributed by atoms with van der Waals surface area (Å²) in [5, 5.41) is 0.398. The Morgan fingerprint density at radius 1 is 1.33 bits per heavy atom. The summed E-state index contributed by atoms with van der Waals surface area (Å²) in [5.74, 6) is 0. The molecule has 0 saturated heterocycles. The van der Waals surface area contributed by atoms with E-state index in [1.54, 1.807) is 0 Å². The normalized spacial score (nSPS) is 9.67. The van der Waals surface area contributed by atoms with Gasteiger partial charge in [-0.3, -0.25) is 4.98 Å². The predicted octanol–water partition coefficient (Wildman–Crippen LogP) is 1.85. The van der Waals surface area contributed by atoms with Gasteiger partial charge >= 0.3 is 0 Å². The molecule has 0 N–H and O–H groups in total. The van der Waals surface area contributed by atoms with Crippen LogP contribution in [0.15, 0.2) is 12.4 Å². The van der Waals surface area contributed by atoms with Gasteiger partial charge in [-0.2, -0.15) is 0 Å². The first kappa shape index (κ1) is 6.56. The van der Waals surface area contributed by atoms with Crippen molar-refractivity contribution in [2.45, 2.75) is 0 Å². The van der Waals surface area contributed by atoms with Gasteiger partial charge in [-0.25, -0.2) is 0 Å². The van der Waals surface area contributed by atoms with E-state index in [-0.39, 0.29) is 0 Å². The van der Waals surface area contributed by atoms with E-state index in [1.807, 2.05) is 0 Å². The molecule has 0 spiro atoms. The number of hydrogen-bond donors (Lipinski definition) is 0. The Labute approximate surface area is 59.7 Å². The van der Waals surface area contributed by atoms with Crippen LogP contribution in [0.2, 0.25) is 5.02 Å². The molecule has 9 heavy (non-hydrogen) atoms. The van der Waals surface area contributed by atoms with Gasteiger partial charge in [0.25, 0.3) is 0 Å². The topological polar surface area (TPSA) is 12.9 Å². The molecule has 4 radical (unpaired) electrons. The Hall–Kier alpha value is -0.560. The van der Waals surface area contributed by atoms with Crippen LogP contribution in [0.5, 0.6) is 0 Å². The van der Waals surface area contributed by atoms with Gasteiger partial charge in [-0.15, -0.1) is 0 Å². The van der Waals surface area contributed by atoms with Crippen LogP contribution in [0.25, 0.3) is 0 Å². The zero-order valence-corrected chi connectivity index (χ0v) is 5.39. The van der Waals surface area contributed by atoms with E-state index in [1.165, 1.54) is 12.4 Å². The van der Waals surface area contributed by atoms with Gasteiger partial charge in [0, 0.05) is 26.2 Å².